The number of hydrogen-bond donors (Lipinski definition) is 1. The number of amides is 1. The van der Waals surface area contributed by atoms with Gasteiger partial charge in [0.25, 0.3) is 0 Å². The molecule has 0 radical (unpaired) electrons. The zero-order chi connectivity index (χ0) is 19.3. The maximum Gasteiger partial charge on any atom is 0.349 e. The van der Waals surface area contributed by atoms with Crippen LogP contribution in [0, 0.1) is 0 Å². The highest BCUT2D eigenvalue weighted by molar-refractivity contribution is 5.85. The number of hydrogen-bond acceptors (Lipinski definition) is 4. The molecule has 0 heterocycles. The number of nitrogens with two attached hydrogens (primary N) is 1. The number of unbranched alkanes of at least 4 members (excludes halogenated alkanes) is 9. The molecule has 154 valence electrons. The molecule has 0 aliphatic rings. The normalized spacial score (nSPS) is 9.50. The second kappa shape index (κ2) is 23.7. The van der Waals surface area contributed by atoms with Gasteiger partial charge in [-0.15, -0.1) is 17.5 Å². The number of carbonyl (C=O) groups is 2. The molecule has 0 bridgehead atoms. The van der Waals surface area contributed by atoms with E-state index in [0.29, 0.717) is 0 Å². The van der Waals surface area contributed by atoms with Crippen LogP contribution < -0.4 is 5.73 Å². The zero-order valence-corrected chi connectivity index (χ0v) is 17.5. The Morgan fingerprint density at radius 1 is 0.885 bits per heavy atom. The summed E-state index contributed by atoms with van der Waals surface area (Å²) in [5, 5.41) is 1.72. The lowest BCUT2D eigenvalue weighted by Crippen LogP contribution is -2.27. The van der Waals surface area contributed by atoms with E-state index in [1.807, 2.05) is 6.92 Å². The van der Waals surface area contributed by atoms with Gasteiger partial charge in [-0.25, -0.2) is 4.79 Å². The van der Waals surface area contributed by atoms with Crippen molar-refractivity contribution in [2.24, 2.45) is 5.73 Å². The molecule has 0 spiro atoms. The molecule has 26 heavy (non-hydrogen) atoms. The van der Waals surface area contributed by atoms with Crippen LogP contribution in [-0.4, -0.2) is 30.0 Å². The second-order valence-corrected chi connectivity index (χ2v) is 5.92. The Labute approximate surface area is 166 Å². The Bertz CT molecular complexity index is 363. The lowest BCUT2D eigenvalue weighted by atomic mass is 10.1. The van der Waals surface area contributed by atoms with Crippen molar-refractivity contribution in [1.29, 1.82) is 0 Å². The summed E-state index contributed by atoms with van der Waals surface area (Å²) < 4.78 is 0. The van der Waals surface area contributed by atoms with Crippen molar-refractivity contribution in [3.8, 4) is 0 Å². The summed E-state index contributed by atoms with van der Waals surface area (Å²) in [4.78, 5) is 25.7. The van der Waals surface area contributed by atoms with Gasteiger partial charge in [-0.2, -0.15) is 0 Å². The van der Waals surface area contributed by atoms with Crippen LogP contribution in [0.3, 0.4) is 0 Å². The van der Waals surface area contributed by atoms with Gasteiger partial charge in [-0.3, -0.25) is 4.79 Å². The molecule has 0 unspecified atom stereocenters. The fraction of sp³-hybridized carbons (Fsp3) is 0.700. The molecular weight excluding hydrogens is 352 g/mol. The molecule has 0 atom stereocenters. The van der Waals surface area contributed by atoms with Gasteiger partial charge in [0.1, 0.15) is 0 Å². The molecule has 0 aromatic rings. The average Bonchev–Trinajstić information content (AvgIpc) is 2.62. The van der Waals surface area contributed by atoms with Crippen LogP contribution in [0.5, 0.6) is 0 Å². The molecule has 0 rings (SSSR count). The van der Waals surface area contributed by atoms with Gasteiger partial charge in [0.05, 0.1) is 0 Å². The number of hydroxylamine groups is 2. The van der Waals surface area contributed by atoms with Crippen molar-refractivity contribution >= 4 is 24.3 Å². The van der Waals surface area contributed by atoms with Crippen molar-refractivity contribution < 1.29 is 14.4 Å². The molecule has 0 saturated heterocycles. The summed E-state index contributed by atoms with van der Waals surface area (Å²) in [6, 6.07) is 0. The van der Waals surface area contributed by atoms with E-state index in [-0.39, 0.29) is 18.4 Å². The Morgan fingerprint density at radius 3 is 1.65 bits per heavy atom. The first-order valence-electron chi connectivity index (χ1n) is 9.52. The first-order chi connectivity index (χ1) is 12.0. The van der Waals surface area contributed by atoms with Crippen LogP contribution in [0.1, 0.15) is 78.1 Å². The van der Waals surface area contributed by atoms with Crippen molar-refractivity contribution in [2.45, 2.75) is 78.1 Å². The largest absolute Gasteiger partial charge is 0.366 e. The summed E-state index contributed by atoms with van der Waals surface area (Å²) in [7, 11) is 0. The fourth-order valence-corrected chi connectivity index (χ4v) is 2.21. The Balaban J connectivity index is -0.000000772. The third-order valence-electron chi connectivity index (χ3n) is 3.70. The zero-order valence-electron chi connectivity index (χ0n) is 16.7. The molecule has 0 saturated carbocycles. The molecule has 0 aromatic carbocycles. The van der Waals surface area contributed by atoms with Gasteiger partial charge in [0, 0.05) is 19.2 Å². The highest BCUT2D eigenvalue weighted by Gasteiger charge is 2.06. The van der Waals surface area contributed by atoms with Gasteiger partial charge in [-0.1, -0.05) is 77.9 Å². The van der Waals surface area contributed by atoms with Gasteiger partial charge in [0.2, 0.25) is 5.91 Å². The van der Waals surface area contributed by atoms with Gasteiger partial charge in [-0.05, 0) is 19.4 Å². The predicted molar refractivity (Wildman–Crippen MR) is 112 cm³/mol. The first kappa shape index (κ1) is 29.4. The Kier molecular flexibility index (Phi) is 26.8. The molecule has 6 heteroatoms. The molecule has 0 aromatic heterocycles. The van der Waals surface area contributed by atoms with Crippen LogP contribution in [0.2, 0.25) is 0 Å². The summed E-state index contributed by atoms with van der Waals surface area (Å²) in [6.45, 7) is 12.3. The monoisotopic (exact) mass is 390 g/mol. The van der Waals surface area contributed by atoms with Crippen LogP contribution in [0.25, 0.3) is 0 Å². The van der Waals surface area contributed by atoms with Crippen molar-refractivity contribution in [3.63, 3.8) is 0 Å². The fourth-order valence-electron chi connectivity index (χ4n) is 2.21. The van der Waals surface area contributed by atoms with Gasteiger partial charge >= 0.3 is 5.97 Å². The van der Waals surface area contributed by atoms with Crippen molar-refractivity contribution in [3.05, 3.63) is 25.3 Å². The summed E-state index contributed by atoms with van der Waals surface area (Å²) in [6.07, 6.45) is 15.5. The van der Waals surface area contributed by atoms with Crippen molar-refractivity contribution in [2.75, 3.05) is 13.1 Å². The maximum atomic E-state index is 11.1. The topological polar surface area (TPSA) is 72.6 Å². The Hall–Kier alpha value is -1.33. The van der Waals surface area contributed by atoms with Crippen LogP contribution in [-0.2, 0) is 14.4 Å². The molecule has 5 nitrogen and oxygen atoms in total. The first-order valence-corrected chi connectivity index (χ1v) is 9.52. The molecular formula is C20H39ClN2O3. The van der Waals surface area contributed by atoms with E-state index in [1.54, 1.807) is 5.06 Å². The number of nitrogens with zero attached hydrogens (tertiary/aromatic N) is 1. The molecule has 0 aliphatic heterocycles. The number of primary amides is 1. The molecule has 0 aliphatic carbocycles. The van der Waals surface area contributed by atoms with E-state index in [4.69, 9.17) is 4.84 Å². The minimum Gasteiger partial charge on any atom is -0.366 e. The third kappa shape index (κ3) is 24.9. The van der Waals surface area contributed by atoms with Gasteiger partial charge in [0.15, 0.2) is 0 Å². The minimum absolute atomic E-state index is 0. The number of halogens is 1. The van der Waals surface area contributed by atoms with Gasteiger partial charge < -0.3 is 10.6 Å². The molecule has 2 N–H and O–H groups in total. The summed E-state index contributed by atoms with van der Waals surface area (Å²) in [5.74, 6) is -0.844. The highest BCUT2D eigenvalue weighted by atomic mass is 35.5. The predicted octanol–water partition coefficient (Wildman–Crippen LogP) is 4.95. The SMILES string of the molecule is C=CC(=O)ON(CC)CCCCCCCCCCCC.C=CC(N)=O.Cl. The quantitative estimate of drug-likeness (QED) is 0.244. The molecule has 1 amide bonds. The average molecular weight is 391 g/mol. The minimum atomic E-state index is -0.481. The van der Waals surface area contributed by atoms with Crippen LogP contribution in [0.4, 0.5) is 0 Å². The van der Waals surface area contributed by atoms with Crippen LogP contribution >= 0.6 is 12.4 Å². The van der Waals surface area contributed by atoms with E-state index in [2.05, 4.69) is 25.8 Å². The third-order valence-corrected chi connectivity index (χ3v) is 3.70. The van der Waals surface area contributed by atoms with Crippen LogP contribution in [0.15, 0.2) is 25.3 Å². The number of rotatable bonds is 15. The Morgan fingerprint density at radius 2 is 1.31 bits per heavy atom. The van der Waals surface area contributed by atoms with E-state index >= 15 is 0 Å². The highest BCUT2D eigenvalue weighted by Crippen LogP contribution is 2.10. The summed E-state index contributed by atoms with van der Waals surface area (Å²) >= 11 is 0. The van der Waals surface area contributed by atoms with E-state index in [1.165, 1.54) is 63.9 Å². The smallest absolute Gasteiger partial charge is 0.349 e. The van der Waals surface area contributed by atoms with E-state index in [0.717, 1.165) is 25.6 Å². The van der Waals surface area contributed by atoms with E-state index in [9.17, 15) is 9.59 Å². The lowest BCUT2D eigenvalue weighted by Gasteiger charge is -2.18. The standard InChI is InChI=1S/C17H33NO2.C3H5NO.ClH/c1-4-7-8-9-10-11-12-13-14-15-16-18(6-3)20-17(19)5-2;1-2-3(4)5;/h5H,2,4,6-16H2,1,3H3;2H,1H2,(H2,4,5);1H. The van der Waals surface area contributed by atoms with Crippen molar-refractivity contribution in [1.82, 2.24) is 5.06 Å². The molecule has 0 fully saturated rings. The summed E-state index contributed by atoms with van der Waals surface area (Å²) in [5.41, 5.74) is 4.53. The lowest BCUT2D eigenvalue weighted by molar-refractivity contribution is -0.183. The van der Waals surface area contributed by atoms with E-state index < -0.39 is 5.91 Å². The second-order valence-electron chi connectivity index (χ2n) is 5.92. The number of carbonyl (C=O) groups excluding carboxylic acids is 2. The maximum absolute atomic E-state index is 11.1.